The molecule has 0 radical (unpaired) electrons. The number of pyridine rings is 1. The monoisotopic (exact) mass is 529 g/mol. The first-order valence-electron chi connectivity index (χ1n) is 9.53. The second-order valence-electron chi connectivity index (χ2n) is 7.00. The summed E-state index contributed by atoms with van der Waals surface area (Å²) < 4.78 is 5.62. The Morgan fingerprint density at radius 3 is 2.90 bits per heavy atom. The average molecular weight is 530 g/mol. The van der Waals surface area contributed by atoms with Crippen molar-refractivity contribution in [2.45, 2.75) is 26.1 Å². The fraction of sp³-hybridized carbons (Fsp3) is 0.429. The van der Waals surface area contributed by atoms with Crippen molar-refractivity contribution in [1.29, 1.82) is 0 Å². The number of hydrogen-bond acceptors (Lipinski definition) is 4. The summed E-state index contributed by atoms with van der Waals surface area (Å²) in [7, 11) is 3.80. The fourth-order valence-electron chi connectivity index (χ4n) is 3.29. The highest BCUT2D eigenvalue weighted by atomic mass is 127. The molecular weight excluding hydrogens is 501 g/mol. The van der Waals surface area contributed by atoms with Gasteiger partial charge in [0.15, 0.2) is 5.96 Å². The third kappa shape index (κ3) is 6.72. The van der Waals surface area contributed by atoms with Crippen molar-refractivity contribution < 1.29 is 4.74 Å². The number of rotatable bonds is 5. The second-order valence-corrected chi connectivity index (χ2v) is 7.41. The van der Waals surface area contributed by atoms with Gasteiger partial charge in [0.1, 0.15) is 5.82 Å². The number of anilines is 1. The zero-order valence-corrected chi connectivity index (χ0v) is 20.2. The van der Waals surface area contributed by atoms with E-state index >= 15 is 0 Å². The molecule has 158 valence electrons. The molecule has 0 aliphatic carbocycles. The summed E-state index contributed by atoms with van der Waals surface area (Å²) in [4.78, 5) is 13.3. The van der Waals surface area contributed by atoms with Crippen LogP contribution in [0.3, 0.4) is 0 Å². The van der Waals surface area contributed by atoms with Crippen molar-refractivity contribution in [3.8, 4) is 0 Å². The van der Waals surface area contributed by atoms with Crippen molar-refractivity contribution in [1.82, 2.24) is 15.2 Å². The summed E-state index contributed by atoms with van der Waals surface area (Å²) in [6.07, 6.45) is 2.09. The van der Waals surface area contributed by atoms with Gasteiger partial charge in [-0.1, -0.05) is 29.8 Å². The molecule has 0 bridgehead atoms. The van der Waals surface area contributed by atoms with E-state index in [0.29, 0.717) is 13.1 Å². The molecule has 0 saturated carbocycles. The first-order valence-corrected chi connectivity index (χ1v) is 9.91. The number of halogens is 2. The van der Waals surface area contributed by atoms with E-state index in [2.05, 4.69) is 38.1 Å². The van der Waals surface area contributed by atoms with E-state index in [-0.39, 0.29) is 30.1 Å². The van der Waals surface area contributed by atoms with Crippen molar-refractivity contribution >= 4 is 47.4 Å². The molecule has 1 aliphatic heterocycles. The molecule has 1 aromatic carbocycles. The third-order valence-electron chi connectivity index (χ3n) is 4.76. The Morgan fingerprint density at radius 1 is 1.38 bits per heavy atom. The van der Waals surface area contributed by atoms with Crippen LogP contribution in [0.25, 0.3) is 0 Å². The van der Waals surface area contributed by atoms with E-state index in [1.54, 1.807) is 7.05 Å². The van der Waals surface area contributed by atoms with E-state index in [1.807, 2.05) is 43.6 Å². The summed E-state index contributed by atoms with van der Waals surface area (Å²) in [6, 6.07) is 12.0. The van der Waals surface area contributed by atoms with E-state index < -0.39 is 0 Å². The maximum atomic E-state index is 6.28. The van der Waals surface area contributed by atoms with Gasteiger partial charge in [-0.2, -0.15) is 0 Å². The molecule has 0 amide bonds. The average Bonchev–Trinajstić information content (AvgIpc) is 2.70. The molecule has 6 nitrogen and oxygen atoms in total. The smallest absolute Gasteiger partial charge is 0.193 e. The topological polar surface area (TPSA) is 53.0 Å². The molecule has 3 rings (SSSR count). The number of aromatic nitrogens is 1. The van der Waals surface area contributed by atoms with Crippen LogP contribution in [-0.2, 0) is 17.8 Å². The third-order valence-corrected chi connectivity index (χ3v) is 5.13. The Bertz CT molecular complexity index is 819. The molecule has 1 aliphatic rings. The van der Waals surface area contributed by atoms with Gasteiger partial charge in [0.2, 0.25) is 0 Å². The molecule has 1 saturated heterocycles. The van der Waals surface area contributed by atoms with Crippen molar-refractivity contribution in [3.05, 3.63) is 58.7 Å². The quantitative estimate of drug-likeness (QED) is 0.363. The van der Waals surface area contributed by atoms with Crippen LogP contribution in [-0.4, -0.2) is 55.7 Å². The molecule has 2 heterocycles. The van der Waals surface area contributed by atoms with Gasteiger partial charge in [0.05, 0.1) is 12.7 Å². The standard InChI is InChI=1S/C21H28ClN5O.HI/c1-16-14-27(10-11-28-16)20-12-17(8-9-24-20)13-25-21(23-2)26(3)15-18-6-4-5-7-19(18)22;/h4-9,12,16H,10-11,13-15H2,1-3H3,(H,23,25);1H. The maximum absolute atomic E-state index is 6.28. The summed E-state index contributed by atoms with van der Waals surface area (Å²) in [5.41, 5.74) is 2.23. The predicted molar refractivity (Wildman–Crippen MR) is 130 cm³/mol. The Labute approximate surface area is 195 Å². The lowest BCUT2D eigenvalue weighted by Crippen LogP contribution is -2.41. The van der Waals surface area contributed by atoms with Crippen LogP contribution < -0.4 is 10.2 Å². The van der Waals surface area contributed by atoms with Gasteiger partial charge in [-0.25, -0.2) is 4.98 Å². The van der Waals surface area contributed by atoms with E-state index in [4.69, 9.17) is 16.3 Å². The van der Waals surface area contributed by atoms with Gasteiger partial charge < -0.3 is 19.9 Å². The van der Waals surface area contributed by atoms with Crippen molar-refractivity contribution in [3.63, 3.8) is 0 Å². The number of ether oxygens (including phenoxy) is 1. The summed E-state index contributed by atoms with van der Waals surface area (Å²) >= 11 is 6.28. The van der Waals surface area contributed by atoms with Crippen LogP contribution in [0.4, 0.5) is 5.82 Å². The fourth-order valence-corrected chi connectivity index (χ4v) is 3.49. The first kappa shape index (κ1) is 23.7. The molecule has 8 heteroatoms. The Kier molecular flexibility index (Phi) is 9.45. The van der Waals surface area contributed by atoms with Crippen LogP contribution in [0.15, 0.2) is 47.6 Å². The van der Waals surface area contributed by atoms with Gasteiger partial charge >= 0.3 is 0 Å². The summed E-state index contributed by atoms with van der Waals surface area (Å²) in [5, 5.41) is 4.19. The maximum Gasteiger partial charge on any atom is 0.193 e. The molecule has 1 unspecified atom stereocenters. The number of benzene rings is 1. The van der Waals surface area contributed by atoms with Crippen molar-refractivity contribution in [2.24, 2.45) is 4.99 Å². The number of aliphatic imine (C=N–C) groups is 1. The molecule has 1 atom stereocenters. The molecule has 1 aromatic heterocycles. The Morgan fingerprint density at radius 2 is 2.17 bits per heavy atom. The first-order chi connectivity index (χ1) is 13.6. The lowest BCUT2D eigenvalue weighted by atomic mass is 10.2. The van der Waals surface area contributed by atoms with Crippen LogP contribution in [0.2, 0.25) is 5.02 Å². The zero-order chi connectivity index (χ0) is 19.9. The minimum atomic E-state index is 0. The second kappa shape index (κ2) is 11.6. The highest BCUT2D eigenvalue weighted by Gasteiger charge is 2.18. The van der Waals surface area contributed by atoms with Crippen LogP contribution in [0.5, 0.6) is 0 Å². The van der Waals surface area contributed by atoms with Crippen molar-refractivity contribution in [2.75, 3.05) is 38.7 Å². The number of nitrogens with one attached hydrogen (secondary N) is 1. The summed E-state index contributed by atoms with van der Waals surface area (Å²) in [6.45, 7) is 5.94. The van der Waals surface area contributed by atoms with Gasteiger partial charge in [-0.3, -0.25) is 4.99 Å². The number of guanidine groups is 1. The minimum Gasteiger partial charge on any atom is -0.375 e. The molecular formula is C21H29ClIN5O. The lowest BCUT2D eigenvalue weighted by Gasteiger charge is -2.32. The Hall–Kier alpha value is -1.58. The minimum absolute atomic E-state index is 0. The molecule has 1 N–H and O–H groups in total. The largest absolute Gasteiger partial charge is 0.375 e. The molecule has 0 spiro atoms. The van der Waals surface area contributed by atoms with Crippen LogP contribution in [0.1, 0.15) is 18.1 Å². The number of hydrogen-bond donors (Lipinski definition) is 1. The zero-order valence-electron chi connectivity index (χ0n) is 17.1. The molecule has 29 heavy (non-hydrogen) atoms. The van der Waals surface area contributed by atoms with E-state index in [1.165, 1.54) is 0 Å². The Balaban J connectivity index is 0.00000300. The van der Waals surface area contributed by atoms with E-state index in [9.17, 15) is 0 Å². The van der Waals surface area contributed by atoms with Gasteiger partial charge in [-0.05, 0) is 36.2 Å². The van der Waals surface area contributed by atoms with E-state index in [0.717, 1.165) is 47.6 Å². The van der Waals surface area contributed by atoms with Gasteiger partial charge in [0, 0.05) is 51.5 Å². The number of nitrogens with zero attached hydrogens (tertiary/aromatic N) is 4. The number of morpholine rings is 1. The van der Waals surface area contributed by atoms with Crippen LogP contribution >= 0.6 is 35.6 Å². The molecule has 2 aromatic rings. The summed E-state index contributed by atoms with van der Waals surface area (Å²) in [5.74, 6) is 1.81. The SMILES string of the molecule is CN=C(NCc1ccnc(N2CCOC(C)C2)c1)N(C)Cc1ccccc1Cl.I. The lowest BCUT2D eigenvalue weighted by molar-refractivity contribution is 0.0529. The van der Waals surface area contributed by atoms with Gasteiger partial charge in [-0.15, -0.1) is 24.0 Å². The highest BCUT2D eigenvalue weighted by Crippen LogP contribution is 2.18. The van der Waals surface area contributed by atoms with Gasteiger partial charge in [0.25, 0.3) is 0 Å². The van der Waals surface area contributed by atoms with Crippen LogP contribution in [0, 0.1) is 0 Å². The predicted octanol–water partition coefficient (Wildman–Crippen LogP) is 3.79. The highest BCUT2D eigenvalue weighted by molar-refractivity contribution is 14.0. The molecule has 1 fully saturated rings. The normalized spacial score (nSPS) is 16.9.